The Balaban J connectivity index is 1.64. The number of aromatic nitrogens is 4. The summed E-state index contributed by atoms with van der Waals surface area (Å²) in [6.07, 6.45) is -1.78. The number of nitrogens with two attached hydrogens (primary N) is 1. The minimum atomic E-state index is -4.64. The first-order chi connectivity index (χ1) is 17.7. The molecule has 3 amide bonds. The van der Waals surface area contributed by atoms with Gasteiger partial charge in [-0.05, 0) is 63.1 Å². The molecule has 0 aliphatic carbocycles. The van der Waals surface area contributed by atoms with Crippen molar-refractivity contribution in [3.8, 4) is 11.1 Å². The average molecular weight is 527 g/mol. The lowest BCUT2D eigenvalue weighted by atomic mass is 9.96. The smallest absolute Gasteiger partial charge is 0.382 e. The van der Waals surface area contributed by atoms with Crippen LogP contribution < -0.4 is 21.7 Å². The highest BCUT2D eigenvalue weighted by atomic mass is 19.4. The second-order valence-corrected chi connectivity index (χ2v) is 9.58. The van der Waals surface area contributed by atoms with E-state index in [-0.39, 0.29) is 17.5 Å². The molecule has 0 aliphatic rings. The standard InChI is InChI=1S/C25H25F3N8O2/c1-13-10-14(32-23(38)34-18-7-5-6-17(33-18)25(26,27)28)8-9-15(13)19-16(22(37)35-24(2,3)4)11-36-20(19)21(29)30-12-31-36/h5-12H,1-4H3,(H,35,37)(H2,29,30,31)(H2,32,33,34,38). The van der Waals surface area contributed by atoms with E-state index in [4.69, 9.17) is 5.73 Å². The number of halogens is 3. The third kappa shape index (κ3) is 5.66. The molecular weight excluding hydrogens is 501 g/mol. The van der Waals surface area contributed by atoms with Crippen molar-refractivity contribution >= 4 is 34.8 Å². The SMILES string of the molecule is Cc1cc(NC(=O)Nc2cccc(C(F)(F)F)n2)ccc1-c1c(C(=O)NC(C)(C)C)cn2ncnc(N)c12. The summed E-state index contributed by atoms with van der Waals surface area (Å²) in [4.78, 5) is 33.1. The van der Waals surface area contributed by atoms with E-state index < -0.39 is 23.4 Å². The lowest BCUT2D eigenvalue weighted by Gasteiger charge is -2.21. The number of carbonyl (C=O) groups is 2. The topological polar surface area (TPSA) is 139 Å². The molecule has 0 spiro atoms. The second-order valence-electron chi connectivity index (χ2n) is 9.58. The summed E-state index contributed by atoms with van der Waals surface area (Å²) in [6.45, 7) is 7.36. The maximum Gasteiger partial charge on any atom is 0.433 e. The number of rotatable bonds is 4. The van der Waals surface area contributed by atoms with Crippen molar-refractivity contribution in [2.45, 2.75) is 39.4 Å². The number of nitrogens with zero attached hydrogens (tertiary/aromatic N) is 4. The van der Waals surface area contributed by atoms with Crippen LogP contribution in [0.4, 0.5) is 35.3 Å². The monoisotopic (exact) mass is 526 g/mol. The van der Waals surface area contributed by atoms with Crippen molar-refractivity contribution in [3.63, 3.8) is 0 Å². The van der Waals surface area contributed by atoms with Crippen molar-refractivity contribution in [2.75, 3.05) is 16.4 Å². The van der Waals surface area contributed by atoms with Crippen LogP contribution in [0.2, 0.25) is 0 Å². The molecule has 0 atom stereocenters. The summed E-state index contributed by atoms with van der Waals surface area (Å²) in [5, 5.41) is 12.0. The molecule has 4 aromatic rings. The summed E-state index contributed by atoms with van der Waals surface area (Å²) in [5.74, 6) is -0.401. The number of alkyl halides is 3. The van der Waals surface area contributed by atoms with Crippen molar-refractivity contribution in [1.29, 1.82) is 0 Å². The number of anilines is 3. The van der Waals surface area contributed by atoms with E-state index in [1.165, 1.54) is 16.9 Å². The number of amides is 3. The molecule has 198 valence electrons. The number of carbonyl (C=O) groups excluding carboxylic acids is 2. The van der Waals surface area contributed by atoms with Gasteiger partial charge in [-0.25, -0.2) is 19.3 Å². The highest BCUT2D eigenvalue weighted by Crippen LogP contribution is 2.36. The highest BCUT2D eigenvalue weighted by molar-refractivity contribution is 6.08. The summed E-state index contributed by atoms with van der Waals surface area (Å²) in [7, 11) is 0. The van der Waals surface area contributed by atoms with Gasteiger partial charge in [-0.15, -0.1) is 0 Å². The molecule has 13 heteroatoms. The fourth-order valence-electron chi connectivity index (χ4n) is 3.85. The molecule has 0 radical (unpaired) electrons. The van der Waals surface area contributed by atoms with Gasteiger partial charge in [0, 0.05) is 23.0 Å². The zero-order chi connectivity index (χ0) is 27.8. The van der Waals surface area contributed by atoms with Gasteiger partial charge in [0.1, 0.15) is 23.4 Å². The molecule has 0 saturated carbocycles. The Hall–Kier alpha value is -4.68. The van der Waals surface area contributed by atoms with Crippen molar-refractivity contribution in [1.82, 2.24) is 24.9 Å². The van der Waals surface area contributed by atoms with E-state index in [2.05, 4.69) is 31.0 Å². The quantitative estimate of drug-likeness (QED) is 0.299. The van der Waals surface area contributed by atoms with Crippen LogP contribution in [0.1, 0.15) is 42.4 Å². The van der Waals surface area contributed by atoms with E-state index in [1.54, 1.807) is 31.3 Å². The number of urea groups is 1. The predicted molar refractivity (Wildman–Crippen MR) is 137 cm³/mol. The molecular formula is C25H25F3N8O2. The number of hydrogen-bond acceptors (Lipinski definition) is 6. The maximum absolute atomic E-state index is 13.2. The summed E-state index contributed by atoms with van der Waals surface area (Å²) >= 11 is 0. The molecule has 4 rings (SSSR count). The predicted octanol–water partition coefficient (Wildman–Crippen LogP) is 4.87. The molecule has 38 heavy (non-hydrogen) atoms. The molecule has 0 fully saturated rings. The Morgan fingerprint density at radius 2 is 1.79 bits per heavy atom. The van der Waals surface area contributed by atoms with E-state index in [1.807, 2.05) is 20.8 Å². The van der Waals surface area contributed by atoms with E-state index >= 15 is 0 Å². The second kappa shape index (κ2) is 9.65. The third-order valence-electron chi connectivity index (χ3n) is 5.37. The summed E-state index contributed by atoms with van der Waals surface area (Å²) in [5.41, 5.74) is 7.53. The first kappa shape index (κ1) is 26.4. The highest BCUT2D eigenvalue weighted by Gasteiger charge is 2.32. The van der Waals surface area contributed by atoms with E-state index in [0.717, 1.165) is 12.1 Å². The molecule has 1 aromatic carbocycles. The lowest BCUT2D eigenvalue weighted by Crippen LogP contribution is -2.40. The molecule has 3 aromatic heterocycles. The Morgan fingerprint density at radius 1 is 1.05 bits per heavy atom. The van der Waals surface area contributed by atoms with Gasteiger partial charge >= 0.3 is 12.2 Å². The summed E-state index contributed by atoms with van der Waals surface area (Å²) in [6, 6.07) is 7.38. The van der Waals surface area contributed by atoms with Crippen LogP contribution in [0.5, 0.6) is 0 Å². The van der Waals surface area contributed by atoms with Crippen LogP contribution in [-0.2, 0) is 6.18 Å². The van der Waals surface area contributed by atoms with Gasteiger partial charge in [-0.3, -0.25) is 10.1 Å². The van der Waals surface area contributed by atoms with Crippen LogP contribution in [0.3, 0.4) is 0 Å². The minimum Gasteiger partial charge on any atom is -0.382 e. The van der Waals surface area contributed by atoms with Crippen molar-refractivity contribution < 1.29 is 22.8 Å². The fraction of sp³-hybridized carbons (Fsp3) is 0.240. The maximum atomic E-state index is 13.2. The number of nitrogen functional groups attached to an aromatic ring is 1. The van der Waals surface area contributed by atoms with Crippen LogP contribution in [0.25, 0.3) is 16.6 Å². The Bertz CT molecular complexity index is 1540. The lowest BCUT2D eigenvalue weighted by molar-refractivity contribution is -0.141. The van der Waals surface area contributed by atoms with E-state index in [0.29, 0.717) is 33.5 Å². The molecule has 5 N–H and O–H groups in total. The number of fused-ring (bicyclic) bond motifs is 1. The van der Waals surface area contributed by atoms with Gasteiger partial charge in [-0.1, -0.05) is 12.1 Å². The number of benzene rings is 1. The van der Waals surface area contributed by atoms with Gasteiger partial charge in [-0.2, -0.15) is 18.3 Å². The van der Waals surface area contributed by atoms with Crippen molar-refractivity contribution in [2.24, 2.45) is 0 Å². The first-order valence-corrected chi connectivity index (χ1v) is 11.4. The first-order valence-electron chi connectivity index (χ1n) is 11.4. The normalized spacial score (nSPS) is 11.9. The number of aryl methyl sites for hydroxylation is 1. The summed E-state index contributed by atoms with van der Waals surface area (Å²) < 4.78 is 40.2. The molecule has 0 aliphatic heterocycles. The Labute approximate surface area is 215 Å². The largest absolute Gasteiger partial charge is 0.433 e. The average Bonchev–Trinajstić information content (AvgIpc) is 3.18. The van der Waals surface area contributed by atoms with Gasteiger partial charge in [0.15, 0.2) is 5.82 Å². The Morgan fingerprint density at radius 3 is 2.45 bits per heavy atom. The van der Waals surface area contributed by atoms with Crippen LogP contribution in [-0.4, -0.2) is 37.1 Å². The fourth-order valence-corrected chi connectivity index (χ4v) is 3.85. The van der Waals surface area contributed by atoms with Crippen molar-refractivity contribution in [3.05, 3.63) is 65.7 Å². The number of pyridine rings is 1. The van der Waals surface area contributed by atoms with Crippen LogP contribution in [0, 0.1) is 6.92 Å². The Kier molecular flexibility index (Phi) is 6.70. The minimum absolute atomic E-state index is 0.180. The third-order valence-corrected chi connectivity index (χ3v) is 5.37. The molecule has 0 saturated heterocycles. The van der Waals surface area contributed by atoms with Gasteiger partial charge in [0.05, 0.1) is 5.56 Å². The zero-order valence-electron chi connectivity index (χ0n) is 20.9. The van der Waals surface area contributed by atoms with Crippen LogP contribution >= 0.6 is 0 Å². The molecule has 0 unspecified atom stereocenters. The van der Waals surface area contributed by atoms with E-state index in [9.17, 15) is 22.8 Å². The van der Waals surface area contributed by atoms with Gasteiger partial charge in [0.25, 0.3) is 5.91 Å². The zero-order valence-corrected chi connectivity index (χ0v) is 20.9. The number of hydrogen-bond donors (Lipinski definition) is 4. The van der Waals surface area contributed by atoms with Crippen LogP contribution in [0.15, 0.2) is 48.9 Å². The van der Waals surface area contributed by atoms with Gasteiger partial charge in [0.2, 0.25) is 0 Å². The molecule has 0 bridgehead atoms. The van der Waals surface area contributed by atoms with Gasteiger partial charge < -0.3 is 16.4 Å². The molecule has 3 heterocycles. The number of nitrogens with one attached hydrogen (secondary N) is 3. The molecule has 10 nitrogen and oxygen atoms in total.